The van der Waals surface area contributed by atoms with Crippen LogP contribution < -0.4 is 15.4 Å². The van der Waals surface area contributed by atoms with Crippen molar-refractivity contribution in [2.45, 2.75) is 6.42 Å². The van der Waals surface area contributed by atoms with Crippen LogP contribution in [0.4, 0.5) is 4.79 Å². The minimum absolute atomic E-state index is 0.165. The number of fused-ring (bicyclic) bond motifs is 1. The number of methoxy groups -OCH3 is 1. The van der Waals surface area contributed by atoms with Crippen molar-refractivity contribution in [3.8, 4) is 5.75 Å². The van der Waals surface area contributed by atoms with Gasteiger partial charge in [0.15, 0.2) is 0 Å². The summed E-state index contributed by atoms with van der Waals surface area (Å²) in [6.45, 7) is 4.63. The lowest BCUT2D eigenvalue weighted by atomic mass is 10.1. The predicted octanol–water partition coefficient (Wildman–Crippen LogP) is 2.94. The Labute approximate surface area is 122 Å². The Morgan fingerprint density at radius 3 is 3.05 bits per heavy atom. The maximum absolute atomic E-state index is 11.4. The zero-order chi connectivity index (χ0) is 14.4. The largest absolute Gasteiger partial charge is 0.497 e. The number of hydrogen-bond acceptors (Lipinski definition) is 3. The lowest BCUT2D eigenvalue weighted by Gasteiger charge is -2.06. The van der Waals surface area contributed by atoms with E-state index in [1.54, 1.807) is 24.5 Å². The number of urea groups is 1. The number of hydrogen-bond donors (Lipinski definition) is 2. The number of thiophene rings is 1. The highest BCUT2D eigenvalue weighted by molar-refractivity contribution is 7.17. The Balaban J connectivity index is 1.96. The predicted molar refractivity (Wildman–Crippen MR) is 83.7 cm³/mol. The highest BCUT2D eigenvalue weighted by atomic mass is 32.1. The van der Waals surface area contributed by atoms with Gasteiger partial charge in [0.2, 0.25) is 0 Å². The molecule has 0 aliphatic rings. The average molecular weight is 290 g/mol. The van der Waals surface area contributed by atoms with Crippen LogP contribution in [0, 0.1) is 0 Å². The van der Waals surface area contributed by atoms with Gasteiger partial charge in [-0.25, -0.2) is 4.79 Å². The first-order chi connectivity index (χ1) is 9.74. The van der Waals surface area contributed by atoms with Gasteiger partial charge < -0.3 is 15.4 Å². The fraction of sp³-hybridized carbons (Fsp3) is 0.267. The molecule has 106 valence electrons. The molecule has 2 amide bonds. The SMILES string of the molecule is C=CCNC(=O)NCCc1csc2ccc(OC)cc12. The van der Waals surface area contributed by atoms with E-state index in [4.69, 9.17) is 4.74 Å². The van der Waals surface area contributed by atoms with Crippen molar-refractivity contribution in [2.24, 2.45) is 0 Å². The van der Waals surface area contributed by atoms with Crippen molar-refractivity contribution < 1.29 is 9.53 Å². The number of carbonyl (C=O) groups excluding carboxylic acids is 1. The van der Waals surface area contributed by atoms with E-state index in [-0.39, 0.29) is 6.03 Å². The maximum atomic E-state index is 11.4. The number of benzene rings is 1. The van der Waals surface area contributed by atoms with E-state index in [1.165, 1.54) is 15.6 Å². The van der Waals surface area contributed by atoms with Crippen molar-refractivity contribution in [3.05, 3.63) is 41.8 Å². The van der Waals surface area contributed by atoms with E-state index in [2.05, 4.69) is 28.7 Å². The third kappa shape index (κ3) is 3.51. The molecule has 0 fully saturated rings. The molecule has 0 atom stereocenters. The fourth-order valence-electron chi connectivity index (χ4n) is 1.92. The minimum atomic E-state index is -0.165. The quantitative estimate of drug-likeness (QED) is 0.804. The molecule has 1 aromatic heterocycles. The summed E-state index contributed by atoms with van der Waals surface area (Å²) >= 11 is 1.71. The Morgan fingerprint density at radius 2 is 2.30 bits per heavy atom. The molecule has 1 aromatic carbocycles. The molecule has 2 N–H and O–H groups in total. The number of nitrogens with one attached hydrogen (secondary N) is 2. The van der Waals surface area contributed by atoms with Crippen LogP contribution in [-0.4, -0.2) is 26.2 Å². The van der Waals surface area contributed by atoms with Crippen molar-refractivity contribution in [1.29, 1.82) is 0 Å². The Morgan fingerprint density at radius 1 is 1.45 bits per heavy atom. The molecule has 0 radical (unpaired) electrons. The normalized spacial score (nSPS) is 10.2. The molecular weight excluding hydrogens is 272 g/mol. The van der Waals surface area contributed by atoms with Gasteiger partial charge in [-0.05, 0) is 40.9 Å². The molecule has 0 bridgehead atoms. The third-order valence-electron chi connectivity index (χ3n) is 2.95. The molecular formula is C15H18N2O2S. The van der Waals surface area contributed by atoms with Gasteiger partial charge in [-0.15, -0.1) is 17.9 Å². The monoisotopic (exact) mass is 290 g/mol. The maximum Gasteiger partial charge on any atom is 0.315 e. The summed E-state index contributed by atoms with van der Waals surface area (Å²) in [5.74, 6) is 0.855. The molecule has 4 nitrogen and oxygen atoms in total. The van der Waals surface area contributed by atoms with E-state index >= 15 is 0 Å². The van der Waals surface area contributed by atoms with E-state index < -0.39 is 0 Å². The standard InChI is InChI=1S/C15H18N2O2S/c1-3-7-16-15(18)17-8-6-11-10-20-14-5-4-12(19-2)9-13(11)14/h3-5,9-10H,1,6-8H2,2H3,(H2,16,17,18). The molecule has 5 heteroatoms. The van der Waals surface area contributed by atoms with E-state index in [0.717, 1.165) is 12.2 Å². The third-order valence-corrected chi connectivity index (χ3v) is 3.96. The second-order valence-corrected chi connectivity index (χ2v) is 5.21. The number of ether oxygens (including phenoxy) is 1. The van der Waals surface area contributed by atoms with E-state index in [0.29, 0.717) is 13.1 Å². The van der Waals surface area contributed by atoms with Gasteiger partial charge in [0.25, 0.3) is 0 Å². The van der Waals surface area contributed by atoms with Gasteiger partial charge in [0.05, 0.1) is 7.11 Å². The van der Waals surface area contributed by atoms with Crippen LogP contribution in [0.25, 0.3) is 10.1 Å². The first-order valence-corrected chi connectivity index (χ1v) is 7.29. The van der Waals surface area contributed by atoms with Crippen LogP contribution in [0.1, 0.15) is 5.56 Å². The molecule has 1 heterocycles. The summed E-state index contributed by atoms with van der Waals surface area (Å²) in [7, 11) is 1.67. The zero-order valence-electron chi connectivity index (χ0n) is 11.4. The topological polar surface area (TPSA) is 50.4 Å². The molecule has 0 saturated carbocycles. The molecule has 2 rings (SSSR count). The van der Waals surface area contributed by atoms with Crippen LogP contribution in [-0.2, 0) is 6.42 Å². The van der Waals surface area contributed by atoms with Gasteiger partial charge >= 0.3 is 6.03 Å². The Hall–Kier alpha value is -2.01. The summed E-state index contributed by atoms with van der Waals surface area (Å²) in [6.07, 6.45) is 2.45. The highest BCUT2D eigenvalue weighted by Crippen LogP contribution is 2.29. The molecule has 0 aliphatic carbocycles. The van der Waals surface area contributed by atoms with Crippen molar-refractivity contribution in [3.63, 3.8) is 0 Å². The lowest BCUT2D eigenvalue weighted by molar-refractivity contribution is 0.242. The molecule has 0 saturated heterocycles. The first-order valence-electron chi connectivity index (χ1n) is 6.41. The number of carbonyl (C=O) groups is 1. The van der Waals surface area contributed by atoms with Gasteiger partial charge in [0.1, 0.15) is 5.75 Å². The molecule has 2 aromatic rings. The number of amides is 2. The highest BCUT2D eigenvalue weighted by Gasteiger charge is 2.06. The van der Waals surface area contributed by atoms with Crippen LogP contribution in [0.2, 0.25) is 0 Å². The van der Waals surface area contributed by atoms with Gasteiger partial charge in [-0.2, -0.15) is 0 Å². The van der Waals surface area contributed by atoms with Gasteiger partial charge in [-0.1, -0.05) is 6.08 Å². The van der Waals surface area contributed by atoms with Gasteiger partial charge in [-0.3, -0.25) is 0 Å². The van der Waals surface area contributed by atoms with Crippen molar-refractivity contribution in [1.82, 2.24) is 10.6 Å². The van der Waals surface area contributed by atoms with Crippen molar-refractivity contribution in [2.75, 3.05) is 20.2 Å². The zero-order valence-corrected chi connectivity index (χ0v) is 12.3. The second-order valence-electron chi connectivity index (χ2n) is 4.30. The first kappa shape index (κ1) is 14.4. The van der Waals surface area contributed by atoms with E-state index in [9.17, 15) is 4.79 Å². The summed E-state index contributed by atoms with van der Waals surface area (Å²) < 4.78 is 6.48. The fourth-order valence-corrected chi connectivity index (χ4v) is 2.90. The molecule has 0 spiro atoms. The smallest absolute Gasteiger partial charge is 0.315 e. The average Bonchev–Trinajstić information content (AvgIpc) is 2.87. The van der Waals surface area contributed by atoms with Crippen LogP contribution in [0.5, 0.6) is 5.75 Å². The summed E-state index contributed by atoms with van der Waals surface area (Å²) in [5, 5.41) is 8.84. The Bertz CT molecular complexity index is 607. The second kappa shape index (κ2) is 6.96. The van der Waals surface area contributed by atoms with E-state index in [1.807, 2.05) is 12.1 Å². The molecule has 0 aliphatic heterocycles. The molecule has 20 heavy (non-hydrogen) atoms. The van der Waals surface area contributed by atoms with Crippen LogP contribution in [0.15, 0.2) is 36.2 Å². The van der Waals surface area contributed by atoms with Crippen LogP contribution >= 0.6 is 11.3 Å². The van der Waals surface area contributed by atoms with Crippen molar-refractivity contribution >= 4 is 27.5 Å². The molecule has 0 unspecified atom stereocenters. The summed E-state index contributed by atoms with van der Waals surface area (Å²) in [5.41, 5.74) is 1.23. The number of rotatable bonds is 6. The van der Waals surface area contributed by atoms with Gasteiger partial charge in [0, 0.05) is 17.8 Å². The summed E-state index contributed by atoms with van der Waals surface area (Å²) in [4.78, 5) is 11.4. The minimum Gasteiger partial charge on any atom is -0.497 e. The lowest BCUT2D eigenvalue weighted by Crippen LogP contribution is -2.36. The Kier molecular flexibility index (Phi) is 5.01. The summed E-state index contributed by atoms with van der Waals surface area (Å²) in [6, 6.07) is 5.90. The van der Waals surface area contributed by atoms with Crippen LogP contribution in [0.3, 0.4) is 0 Å².